The molecule has 1 atom stereocenters. The number of carboxylic acids is 1. The quantitative estimate of drug-likeness (QED) is 0.729. The first-order valence-corrected chi connectivity index (χ1v) is 7.66. The zero-order chi connectivity index (χ0) is 17.1. The molecule has 2 aromatic heterocycles. The van der Waals surface area contributed by atoms with Gasteiger partial charge in [0.15, 0.2) is 0 Å². The molecule has 1 unspecified atom stereocenters. The molecule has 0 amide bonds. The summed E-state index contributed by atoms with van der Waals surface area (Å²) in [5, 5.41) is 10.3. The van der Waals surface area contributed by atoms with Crippen molar-refractivity contribution in [1.82, 2.24) is 14.9 Å². The van der Waals surface area contributed by atoms with Crippen molar-refractivity contribution >= 4 is 16.9 Å². The summed E-state index contributed by atoms with van der Waals surface area (Å²) in [6.45, 7) is 2.39. The highest BCUT2D eigenvalue weighted by molar-refractivity contribution is 5.79. The number of carboxylic acid groups (broad SMARTS) is 1. The maximum atomic E-state index is 13.4. The third-order valence-electron chi connectivity index (χ3n) is 4.03. The van der Waals surface area contributed by atoms with E-state index in [2.05, 4.69) is 9.97 Å². The molecule has 0 radical (unpaired) electrons. The number of rotatable bonds is 6. The normalized spacial score (nSPS) is 12.6. The number of aromatic amines is 1. The lowest BCUT2D eigenvalue weighted by Gasteiger charge is -2.26. The number of hydrogen-bond acceptors (Lipinski definition) is 3. The Kier molecular flexibility index (Phi) is 4.57. The van der Waals surface area contributed by atoms with Gasteiger partial charge in [-0.25, -0.2) is 4.39 Å². The van der Waals surface area contributed by atoms with Gasteiger partial charge in [0, 0.05) is 42.1 Å². The number of carbonyl (C=O) groups is 1. The van der Waals surface area contributed by atoms with Crippen molar-refractivity contribution in [2.24, 2.45) is 0 Å². The molecule has 1 aromatic carbocycles. The SMILES string of the molecule is CC(C(=O)O)N(Cc1cccc(F)c1)Cc1cc2cnccc2[nH]1. The summed E-state index contributed by atoms with van der Waals surface area (Å²) >= 11 is 0. The molecule has 0 spiro atoms. The third-order valence-corrected chi connectivity index (χ3v) is 4.03. The number of benzene rings is 1. The largest absolute Gasteiger partial charge is 0.480 e. The Morgan fingerprint density at radius 2 is 2.17 bits per heavy atom. The van der Waals surface area contributed by atoms with Crippen LogP contribution in [0.4, 0.5) is 4.39 Å². The number of fused-ring (bicyclic) bond motifs is 1. The number of nitrogens with zero attached hydrogens (tertiary/aromatic N) is 2. The van der Waals surface area contributed by atoms with Gasteiger partial charge in [-0.2, -0.15) is 0 Å². The van der Waals surface area contributed by atoms with Crippen molar-refractivity contribution in [2.75, 3.05) is 0 Å². The van der Waals surface area contributed by atoms with Crippen LogP contribution in [-0.2, 0) is 17.9 Å². The predicted octanol–water partition coefficient (Wildman–Crippen LogP) is 3.18. The molecule has 0 saturated heterocycles. The second-order valence-electron chi connectivity index (χ2n) is 5.81. The van der Waals surface area contributed by atoms with Crippen molar-refractivity contribution in [3.63, 3.8) is 0 Å². The first kappa shape index (κ1) is 16.1. The molecule has 6 heteroatoms. The minimum Gasteiger partial charge on any atom is -0.480 e. The maximum absolute atomic E-state index is 13.4. The number of aromatic nitrogens is 2. The Labute approximate surface area is 138 Å². The smallest absolute Gasteiger partial charge is 0.320 e. The summed E-state index contributed by atoms with van der Waals surface area (Å²) in [4.78, 5) is 20.6. The highest BCUT2D eigenvalue weighted by atomic mass is 19.1. The molecule has 24 heavy (non-hydrogen) atoms. The standard InChI is InChI=1S/C18H18FN3O2/c1-12(18(23)24)22(10-13-3-2-4-15(19)7-13)11-16-8-14-9-20-6-5-17(14)21-16/h2-9,12,21H,10-11H2,1H3,(H,23,24). The minimum atomic E-state index is -0.913. The van der Waals surface area contributed by atoms with E-state index in [0.717, 1.165) is 22.2 Å². The fourth-order valence-electron chi connectivity index (χ4n) is 2.69. The van der Waals surface area contributed by atoms with E-state index in [1.807, 2.05) is 12.1 Å². The van der Waals surface area contributed by atoms with E-state index >= 15 is 0 Å². The Morgan fingerprint density at radius 1 is 1.33 bits per heavy atom. The van der Waals surface area contributed by atoms with Crippen LogP contribution in [0.3, 0.4) is 0 Å². The topological polar surface area (TPSA) is 69.2 Å². The van der Waals surface area contributed by atoms with E-state index in [4.69, 9.17) is 0 Å². The molecule has 0 saturated carbocycles. The van der Waals surface area contributed by atoms with E-state index in [-0.39, 0.29) is 5.82 Å². The van der Waals surface area contributed by atoms with Gasteiger partial charge in [0.05, 0.1) is 0 Å². The van der Waals surface area contributed by atoms with Gasteiger partial charge in [-0.3, -0.25) is 14.7 Å². The number of hydrogen-bond donors (Lipinski definition) is 2. The van der Waals surface area contributed by atoms with Gasteiger partial charge in [0.2, 0.25) is 0 Å². The summed E-state index contributed by atoms with van der Waals surface area (Å²) in [5.74, 6) is -1.24. The van der Waals surface area contributed by atoms with Crippen molar-refractivity contribution in [3.05, 3.63) is 65.9 Å². The Hall–Kier alpha value is -2.73. The van der Waals surface area contributed by atoms with E-state index < -0.39 is 12.0 Å². The first-order chi connectivity index (χ1) is 11.5. The summed E-state index contributed by atoms with van der Waals surface area (Å²) in [7, 11) is 0. The molecule has 3 aromatic rings. The number of pyridine rings is 1. The van der Waals surface area contributed by atoms with Gasteiger partial charge >= 0.3 is 5.97 Å². The lowest BCUT2D eigenvalue weighted by Crippen LogP contribution is -2.38. The van der Waals surface area contributed by atoms with E-state index in [1.54, 1.807) is 36.4 Å². The van der Waals surface area contributed by atoms with Crippen LogP contribution < -0.4 is 0 Å². The molecule has 5 nitrogen and oxygen atoms in total. The lowest BCUT2D eigenvalue weighted by atomic mass is 10.1. The van der Waals surface area contributed by atoms with Crippen LogP contribution in [0.1, 0.15) is 18.2 Å². The zero-order valence-corrected chi connectivity index (χ0v) is 13.2. The molecular formula is C18H18FN3O2. The molecule has 0 aliphatic rings. The van der Waals surface area contributed by atoms with Crippen LogP contribution in [0.5, 0.6) is 0 Å². The fourth-order valence-corrected chi connectivity index (χ4v) is 2.69. The summed E-state index contributed by atoms with van der Waals surface area (Å²) in [5.41, 5.74) is 2.58. The summed E-state index contributed by atoms with van der Waals surface area (Å²) in [6, 6.07) is 9.35. The van der Waals surface area contributed by atoms with Gasteiger partial charge < -0.3 is 10.1 Å². The van der Waals surface area contributed by atoms with E-state index in [1.165, 1.54) is 12.1 Å². The molecule has 2 N–H and O–H groups in total. The molecule has 0 bridgehead atoms. The van der Waals surface area contributed by atoms with Crippen molar-refractivity contribution in [3.8, 4) is 0 Å². The average molecular weight is 327 g/mol. The first-order valence-electron chi connectivity index (χ1n) is 7.66. The minimum absolute atomic E-state index is 0.327. The van der Waals surface area contributed by atoms with Gasteiger partial charge in [-0.1, -0.05) is 12.1 Å². The Balaban J connectivity index is 1.85. The Bertz CT molecular complexity index is 829. The van der Waals surface area contributed by atoms with Gasteiger partial charge in [-0.15, -0.1) is 0 Å². The third kappa shape index (κ3) is 3.60. The number of halogens is 1. The van der Waals surface area contributed by atoms with Gasteiger partial charge in [0.1, 0.15) is 11.9 Å². The van der Waals surface area contributed by atoms with E-state index in [9.17, 15) is 14.3 Å². The highest BCUT2D eigenvalue weighted by Crippen LogP contribution is 2.18. The molecular weight excluding hydrogens is 309 g/mol. The van der Waals surface area contributed by atoms with Gasteiger partial charge in [-0.05, 0) is 36.8 Å². The molecule has 2 heterocycles. The van der Waals surface area contributed by atoms with E-state index in [0.29, 0.717) is 13.1 Å². The highest BCUT2D eigenvalue weighted by Gasteiger charge is 2.22. The molecule has 0 aliphatic carbocycles. The van der Waals surface area contributed by atoms with Crippen LogP contribution in [0.25, 0.3) is 10.9 Å². The molecule has 0 fully saturated rings. The summed E-state index contributed by atoms with van der Waals surface area (Å²) < 4.78 is 13.4. The average Bonchev–Trinajstić information content (AvgIpc) is 2.95. The fraction of sp³-hybridized carbons (Fsp3) is 0.222. The van der Waals surface area contributed by atoms with Crippen LogP contribution in [0, 0.1) is 5.82 Å². The van der Waals surface area contributed by atoms with Crippen LogP contribution in [0.2, 0.25) is 0 Å². The zero-order valence-electron chi connectivity index (χ0n) is 13.2. The maximum Gasteiger partial charge on any atom is 0.320 e. The van der Waals surface area contributed by atoms with Crippen LogP contribution in [0.15, 0.2) is 48.8 Å². The number of aliphatic carboxylic acids is 1. The monoisotopic (exact) mass is 327 g/mol. The van der Waals surface area contributed by atoms with Gasteiger partial charge in [0.25, 0.3) is 0 Å². The second kappa shape index (κ2) is 6.80. The molecule has 3 rings (SSSR count). The summed E-state index contributed by atoms with van der Waals surface area (Å²) in [6.07, 6.45) is 3.46. The Morgan fingerprint density at radius 3 is 2.88 bits per heavy atom. The number of H-pyrrole nitrogens is 1. The lowest BCUT2D eigenvalue weighted by molar-refractivity contribution is -0.143. The van der Waals surface area contributed by atoms with Crippen LogP contribution in [-0.4, -0.2) is 32.0 Å². The molecule has 124 valence electrons. The van der Waals surface area contributed by atoms with Crippen LogP contribution >= 0.6 is 0 Å². The molecule has 0 aliphatic heterocycles. The van der Waals surface area contributed by atoms with Crippen molar-refractivity contribution in [1.29, 1.82) is 0 Å². The number of nitrogens with one attached hydrogen (secondary N) is 1. The van der Waals surface area contributed by atoms with Crippen molar-refractivity contribution < 1.29 is 14.3 Å². The predicted molar refractivity (Wildman–Crippen MR) is 88.8 cm³/mol. The van der Waals surface area contributed by atoms with Crippen molar-refractivity contribution in [2.45, 2.75) is 26.1 Å². The second-order valence-corrected chi connectivity index (χ2v) is 5.81.